The largest absolute Gasteiger partial charge is 0.480 e. The van der Waals surface area contributed by atoms with Crippen LogP contribution in [0.25, 0.3) is 0 Å². The van der Waals surface area contributed by atoms with E-state index in [-0.39, 0.29) is 5.41 Å². The first-order valence-corrected chi connectivity index (χ1v) is 5.72. The van der Waals surface area contributed by atoms with Crippen LogP contribution in [-0.2, 0) is 5.41 Å². The van der Waals surface area contributed by atoms with Crippen molar-refractivity contribution in [1.29, 1.82) is 0 Å². The first-order chi connectivity index (χ1) is 7.69. The van der Waals surface area contributed by atoms with Gasteiger partial charge in [-0.15, -0.1) is 0 Å². The number of hydrogen-bond acceptors (Lipinski definition) is 4. The van der Waals surface area contributed by atoms with Crippen LogP contribution in [0.5, 0.6) is 5.88 Å². The van der Waals surface area contributed by atoms with Crippen molar-refractivity contribution < 1.29 is 4.74 Å². The Kier molecular flexibility index (Phi) is 3.10. The summed E-state index contributed by atoms with van der Waals surface area (Å²) in [6, 6.07) is 0.580. The molecule has 0 aromatic carbocycles. The summed E-state index contributed by atoms with van der Waals surface area (Å²) in [6.45, 7) is 2.25. The highest BCUT2D eigenvalue weighted by Crippen LogP contribution is 2.42. The molecule has 1 fully saturated rings. The molecule has 1 aromatic rings. The number of nitrogens with one attached hydrogen (secondary N) is 1. The van der Waals surface area contributed by atoms with Crippen LogP contribution in [0.2, 0.25) is 0 Å². The summed E-state index contributed by atoms with van der Waals surface area (Å²) in [4.78, 5) is 8.69. The van der Waals surface area contributed by atoms with E-state index in [9.17, 15) is 0 Å². The highest BCUT2D eigenvalue weighted by molar-refractivity contribution is 5.28. The summed E-state index contributed by atoms with van der Waals surface area (Å²) in [5.41, 5.74) is 1.09. The lowest BCUT2D eigenvalue weighted by molar-refractivity contribution is 0.360. The van der Waals surface area contributed by atoms with E-state index in [0.29, 0.717) is 11.9 Å². The van der Waals surface area contributed by atoms with Gasteiger partial charge in [0.05, 0.1) is 7.11 Å². The molecular weight excluding hydrogens is 202 g/mol. The molecule has 1 aliphatic carbocycles. The van der Waals surface area contributed by atoms with E-state index in [0.717, 1.165) is 18.5 Å². The summed E-state index contributed by atoms with van der Waals surface area (Å²) < 4.78 is 5.30. The molecule has 2 atom stereocenters. The average Bonchev–Trinajstić information content (AvgIpc) is 2.72. The Hall–Kier alpha value is -1.16. The number of aromatic nitrogens is 2. The SMILES string of the molecule is CNC1CCC(C)(c2nccnc2OC)C1. The Morgan fingerprint density at radius 1 is 1.44 bits per heavy atom. The Labute approximate surface area is 96.4 Å². The van der Waals surface area contributed by atoms with Crippen molar-refractivity contribution in [3.05, 3.63) is 18.1 Å². The normalized spacial score (nSPS) is 29.3. The van der Waals surface area contributed by atoms with Crippen molar-refractivity contribution in [3.8, 4) is 5.88 Å². The molecule has 88 valence electrons. The highest BCUT2D eigenvalue weighted by Gasteiger charge is 2.39. The van der Waals surface area contributed by atoms with Crippen LogP contribution < -0.4 is 10.1 Å². The van der Waals surface area contributed by atoms with E-state index < -0.39 is 0 Å². The maximum atomic E-state index is 5.30. The van der Waals surface area contributed by atoms with Gasteiger partial charge in [0, 0.05) is 23.9 Å². The minimum Gasteiger partial charge on any atom is -0.480 e. The van der Waals surface area contributed by atoms with E-state index in [4.69, 9.17) is 4.74 Å². The summed E-state index contributed by atoms with van der Waals surface area (Å²) in [5, 5.41) is 3.34. The van der Waals surface area contributed by atoms with Gasteiger partial charge >= 0.3 is 0 Å². The number of nitrogens with zero attached hydrogens (tertiary/aromatic N) is 2. The van der Waals surface area contributed by atoms with E-state index in [1.54, 1.807) is 19.5 Å². The quantitative estimate of drug-likeness (QED) is 0.840. The van der Waals surface area contributed by atoms with Gasteiger partial charge in [-0.3, -0.25) is 4.98 Å². The minimum atomic E-state index is 0.0906. The molecule has 0 radical (unpaired) electrons. The Morgan fingerprint density at radius 2 is 2.19 bits per heavy atom. The molecule has 1 heterocycles. The molecule has 1 aromatic heterocycles. The second kappa shape index (κ2) is 4.37. The van der Waals surface area contributed by atoms with Crippen molar-refractivity contribution in [1.82, 2.24) is 15.3 Å². The molecule has 1 N–H and O–H groups in total. The molecule has 0 saturated heterocycles. The number of methoxy groups -OCH3 is 1. The molecule has 4 nitrogen and oxygen atoms in total. The first-order valence-electron chi connectivity index (χ1n) is 5.72. The average molecular weight is 221 g/mol. The molecule has 1 aliphatic rings. The third-order valence-electron chi connectivity index (χ3n) is 3.58. The zero-order chi connectivity index (χ0) is 11.6. The minimum absolute atomic E-state index is 0.0906. The summed E-state index contributed by atoms with van der Waals surface area (Å²) in [7, 11) is 3.67. The third kappa shape index (κ3) is 1.89. The second-order valence-electron chi connectivity index (χ2n) is 4.70. The molecule has 2 unspecified atom stereocenters. The molecule has 2 rings (SSSR count). The Bertz CT molecular complexity index is 369. The van der Waals surface area contributed by atoms with Crippen molar-refractivity contribution in [2.75, 3.05) is 14.2 Å². The lowest BCUT2D eigenvalue weighted by Crippen LogP contribution is -2.27. The van der Waals surface area contributed by atoms with Crippen molar-refractivity contribution in [2.45, 2.75) is 37.6 Å². The fourth-order valence-electron chi connectivity index (χ4n) is 2.59. The van der Waals surface area contributed by atoms with E-state index in [1.165, 1.54) is 6.42 Å². The smallest absolute Gasteiger partial charge is 0.235 e. The zero-order valence-electron chi connectivity index (χ0n) is 10.2. The fourth-order valence-corrected chi connectivity index (χ4v) is 2.59. The van der Waals surface area contributed by atoms with Crippen molar-refractivity contribution >= 4 is 0 Å². The first kappa shape index (κ1) is 11.3. The fraction of sp³-hybridized carbons (Fsp3) is 0.667. The maximum Gasteiger partial charge on any atom is 0.235 e. The van der Waals surface area contributed by atoms with E-state index in [1.807, 2.05) is 7.05 Å². The maximum absolute atomic E-state index is 5.30. The Balaban J connectivity index is 2.29. The summed E-state index contributed by atoms with van der Waals surface area (Å²) >= 11 is 0. The predicted molar refractivity (Wildman–Crippen MR) is 62.6 cm³/mol. The lowest BCUT2D eigenvalue weighted by atomic mass is 9.84. The monoisotopic (exact) mass is 221 g/mol. The standard InChI is InChI=1S/C12H19N3O/c1-12(5-4-9(8-12)13-2)10-11(16-3)15-7-6-14-10/h6-7,9,13H,4-5,8H2,1-3H3. The van der Waals surface area contributed by atoms with Crippen LogP contribution in [0.15, 0.2) is 12.4 Å². The number of hydrogen-bond donors (Lipinski definition) is 1. The van der Waals surface area contributed by atoms with Gasteiger partial charge in [-0.25, -0.2) is 4.98 Å². The van der Waals surface area contributed by atoms with Crippen LogP contribution in [0, 0.1) is 0 Å². The molecule has 4 heteroatoms. The van der Waals surface area contributed by atoms with Gasteiger partial charge in [0.15, 0.2) is 0 Å². The lowest BCUT2D eigenvalue weighted by Gasteiger charge is -2.24. The molecule has 0 amide bonds. The van der Waals surface area contributed by atoms with Crippen LogP contribution in [-0.4, -0.2) is 30.2 Å². The van der Waals surface area contributed by atoms with Crippen LogP contribution in [0.1, 0.15) is 31.9 Å². The van der Waals surface area contributed by atoms with Crippen molar-refractivity contribution in [3.63, 3.8) is 0 Å². The summed E-state index contributed by atoms with van der Waals surface area (Å²) in [6.07, 6.45) is 6.84. The van der Waals surface area contributed by atoms with E-state index in [2.05, 4.69) is 22.2 Å². The van der Waals surface area contributed by atoms with Gasteiger partial charge in [-0.1, -0.05) is 6.92 Å². The predicted octanol–water partition coefficient (Wildman–Crippen LogP) is 1.51. The molecular formula is C12H19N3O. The van der Waals surface area contributed by atoms with Gasteiger partial charge in [-0.05, 0) is 26.3 Å². The van der Waals surface area contributed by atoms with Crippen molar-refractivity contribution in [2.24, 2.45) is 0 Å². The molecule has 0 aliphatic heterocycles. The van der Waals surface area contributed by atoms with Gasteiger partial charge in [-0.2, -0.15) is 0 Å². The second-order valence-corrected chi connectivity index (χ2v) is 4.70. The molecule has 0 spiro atoms. The molecule has 0 bridgehead atoms. The highest BCUT2D eigenvalue weighted by atomic mass is 16.5. The number of rotatable bonds is 3. The van der Waals surface area contributed by atoms with E-state index >= 15 is 0 Å². The number of ether oxygens (including phenoxy) is 1. The Morgan fingerprint density at radius 3 is 2.81 bits per heavy atom. The zero-order valence-corrected chi connectivity index (χ0v) is 10.2. The third-order valence-corrected chi connectivity index (χ3v) is 3.58. The van der Waals surface area contributed by atoms with Gasteiger partial charge in [0.25, 0.3) is 0 Å². The molecule has 16 heavy (non-hydrogen) atoms. The van der Waals surface area contributed by atoms with Crippen LogP contribution in [0.4, 0.5) is 0 Å². The van der Waals surface area contributed by atoms with Crippen LogP contribution >= 0.6 is 0 Å². The van der Waals surface area contributed by atoms with Gasteiger partial charge in [0.2, 0.25) is 5.88 Å². The molecule has 1 saturated carbocycles. The topological polar surface area (TPSA) is 47.0 Å². The van der Waals surface area contributed by atoms with Gasteiger partial charge in [0.1, 0.15) is 5.69 Å². The summed E-state index contributed by atoms with van der Waals surface area (Å²) in [5.74, 6) is 0.668. The van der Waals surface area contributed by atoms with Crippen LogP contribution in [0.3, 0.4) is 0 Å². The van der Waals surface area contributed by atoms with Gasteiger partial charge < -0.3 is 10.1 Å².